The second-order valence-electron chi connectivity index (χ2n) is 14.3. The third kappa shape index (κ3) is 5.75. The summed E-state index contributed by atoms with van der Waals surface area (Å²) in [5.41, 5.74) is 1.88. The molecule has 6 aliphatic heterocycles. The molecule has 12 nitrogen and oxygen atoms in total. The van der Waals surface area contributed by atoms with E-state index in [0.717, 1.165) is 11.1 Å². The van der Waals surface area contributed by atoms with Crippen LogP contribution in [0.15, 0.2) is 24.3 Å². The zero-order chi connectivity index (χ0) is 31.2. The smallest absolute Gasteiger partial charge is 0.224 e. The predicted molar refractivity (Wildman–Crippen MR) is 151 cm³/mol. The maximum absolute atomic E-state index is 6.65. The number of hydrogen-bond acceptors (Lipinski definition) is 12. The molecule has 0 amide bonds. The Morgan fingerprint density at radius 3 is 1.34 bits per heavy atom. The molecule has 6 aliphatic rings. The molecule has 246 valence electrons. The van der Waals surface area contributed by atoms with Crippen molar-refractivity contribution >= 4 is 0 Å². The van der Waals surface area contributed by atoms with Gasteiger partial charge in [-0.2, -0.15) is 0 Å². The molecule has 0 aliphatic carbocycles. The topological polar surface area (TPSA) is 111 Å². The van der Waals surface area contributed by atoms with Gasteiger partial charge in [-0.3, -0.25) is 0 Å². The second-order valence-corrected chi connectivity index (χ2v) is 14.3. The quantitative estimate of drug-likeness (QED) is 0.463. The molecular formula is C32H46O12. The van der Waals surface area contributed by atoms with Gasteiger partial charge in [0, 0.05) is 0 Å². The first-order valence-corrected chi connectivity index (χ1v) is 15.6. The third-order valence-electron chi connectivity index (χ3n) is 8.92. The van der Waals surface area contributed by atoms with Gasteiger partial charge in [0.15, 0.2) is 23.1 Å². The highest BCUT2D eigenvalue weighted by atomic mass is 16.9. The zero-order valence-electron chi connectivity index (χ0n) is 26.9. The van der Waals surface area contributed by atoms with Gasteiger partial charge in [-0.25, -0.2) is 0 Å². The van der Waals surface area contributed by atoms with Gasteiger partial charge in [0.1, 0.15) is 49.8 Å². The van der Waals surface area contributed by atoms with E-state index in [2.05, 4.69) is 0 Å². The Morgan fingerprint density at radius 2 is 0.977 bits per heavy atom. The number of hydrogen-bond donors (Lipinski definition) is 0. The highest BCUT2D eigenvalue weighted by molar-refractivity contribution is 5.26. The fourth-order valence-corrected chi connectivity index (χ4v) is 7.17. The van der Waals surface area contributed by atoms with Crippen LogP contribution in [0.25, 0.3) is 0 Å². The van der Waals surface area contributed by atoms with E-state index in [-0.39, 0.29) is 38.6 Å². The van der Waals surface area contributed by atoms with E-state index in [1.807, 2.05) is 79.7 Å². The third-order valence-corrected chi connectivity index (χ3v) is 8.92. The first-order valence-electron chi connectivity index (χ1n) is 15.6. The van der Waals surface area contributed by atoms with Gasteiger partial charge in [-0.15, -0.1) is 0 Å². The Labute approximate surface area is 258 Å². The monoisotopic (exact) mass is 622 g/mol. The molecule has 1 aromatic carbocycles. The maximum atomic E-state index is 6.65. The van der Waals surface area contributed by atoms with Crippen molar-refractivity contribution in [1.82, 2.24) is 0 Å². The normalized spacial score (nSPS) is 43.0. The van der Waals surface area contributed by atoms with Crippen LogP contribution >= 0.6 is 0 Å². The molecular weight excluding hydrogens is 576 g/mol. The summed E-state index contributed by atoms with van der Waals surface area (Å²) in [7, 11) is 0. The minimum absolute atomic E-state index is 0.214. The molecule has 0 aromatic heterocycles. The molecule has 0 unspecified atom stereocenters. The van der Waals surface area contributed by atoms with Crippen molar-refractivity contribution < 1.29 is 56.8 Å². The van der Waals surface area contributed by atoms with E-state index in [4.69, 9.17) is 56.8 Å². The van der Waals surface area contributed by atoms with Crippen molar-refractivity contribution in [3.63, 3.8) is 0 Å². The Morgan fingerprint density at radius 1 is 0.568 bits per heavy atom. The van der Waals surface area contributed by atoms with Crippen molar-refractivity contribution in [1.29, 1.82) is 0 Å². The molecule has 7 rings (SSSR count). The largest absolute Gasteiger partial charge is 0.365 e. The van der Waals surface area contributed by atoms with E-state index >= 15 is 0 Å². The number of benzene rings is 1. The lowest BCUT2D eigenvalue weighted by Gasteiger charge is -2.44. The van der Waals surface area contributed by atoms with Crippen LogP contribution in [-0.2, 0) is 70.1 Å². The van der Waals surface area contributed by atoms with Crippen LogP contribution in [0, 0.1) is 0 Å². The summed E-state index contributed by atoms with van der Waals surface area (Å²) in [5.74, 6) is -5.45. The Bertz CT molecular complexity index is 1140. The van der Waals surface area contributed by atoms with Gasteiger partial charge in [0.2, 0.25) is 11.6 Å². The summed E-state index contributed by atoms with van der Waals surface area (Å²) in [5, 5.41) is 0. The fourth-order valence-electron chi connectivity index (χ4n) is 7.17. The van der Waals surface area contributed by atoms with Crippen LogP contribution < -0.4 is 0 Å². The SMILES string of the molecule is CC1(C)O[C@@H]2[C@@H](CO[C@]3(COC(C)(C)O3)[C@H]2OCc2ccccc2CO[C@H]2[C@@H]3OC(C)(C)O[C@@H]3CO[C@]23COC(C)(C)O3)O1. The maximum Gasteiger partial charge on any atom is 0.224 e. The van der Waals surface area contributed by atoms with Gasteiger partial charge >= 0.3 is 0 Å². The summed E-state index contributed by atoms with van der Waals surface area (Å²) in [6.07, 6.45) is -2.60. The van der Waals surface area contributed by atoms with Crippen LogP contribution in [0.5, 0.6) is 0 Å². The highest BCUT2D eigenvalue weighted by Crippen LogP contribution is 2.47. The minimum Gasteiger partial charge on any atom is -0.365 e. The predicted octanol–water partition coefficient (Wildman–Crippen LogP) is 3.52. The van der Waals surface area contributed by atoms with E-state index < -0.39 is 59.1 Å². The standard InChI is InChI=1S/C32H46O12/c1-27(2)37-17-31(43-27)25(23-21(15-35-31)39-29(5,6)41-23)33-13-19-11-9-10-12-20(19)14-34-26-24-22(40-30(7,8)42-24)16-36-32(26)18-38-28(3,4)44-32/h9-12,21-26H,13-18H2,1-8H3/t21-,22-,23-,24-,25+,26+,31+,32+/m1/s1. The average molecular weight is 623 g/mol. The molecule has 0 bridgehead atoms. The second kappa shape index (κ2) is 10.6. The minimum atomic E-state index is -1.13. The van der Waals surface area contributed by atoms with Crippen molar-refractivity contribution in [2.24, 2.45) is 0 Å². The molecule has 44 heavy (non-hydrogen) atoms. The molecule has 0 radical (unpaired) electrons. The lowest BCUT2D eigenvalue weighted by atomic mass is 9.96. The van der Waals surface area contributed by atoms with Gasteiger partial charge in [0.25, 0.3) is 0 Å². The van der Waals surface area contributed by atoms with Crippen molar-refractivity contribution in [2.75, 3.05) is 26.4 Å². The van der Waals surface area contributed by atoms with Gasteiger partial charge in [-0.1, -0.05) is 24.3 Å². The van der Waals surface area contributed by atoms with Crippen molar-refractivity contribution in [3.8, 4) is 0 Å². The van der Waals surface area contributed by atoms with E-state index in [1.165, 1.54) is 0 Å². The average Bonchev–Trinajstić information content (AvgIpc) is 3.62. The summed E-state index contributed by atoms with van der Waals surface area (Å²) < 4.78 is 75.4. The molecule has 0 saturated carbocycles. The highest BCUT2D eigenvalue weighted by Gasteiger charge is 2.64. The number of rotatable bonds is 6. The van der Waals surface area contributed by atoms with Gasteiger partial charge < -0.3 is 56.8 Å². The Balaban J connectivity index is 1.11. The van der Waals surface area contributed by atoms with Crippen LogP contribution in [-0.4, -0.2) is 97.8 Å². The van der Waals surface area contributed by atoms with Gasteiger partial charge in [0.05, 0.1) is 26.4 Å². The van der Waals surface area contributed by atoms with Gasteiger partial charge in [-0.05, 0) is 66.5 Å². The fraction of sp³-hybridized carbons (Fsp3) is 0.812. The van der Waals surface area contributed by atoms with Crippen LogP contribution in [0.2, 0.25) is 0 Å². The number of ether oxygens (including phenoxy) is 12. The van der Waals surface area contributed by atoms with E-state index in [9.17, 15) is 0 Å². The summed E-state index contributed by atoms with van der Waals surface area (Å²) in [6.45, 7) is 16.6. The van der Waals surface area contributed by atoms with Crippen molar-refractivity contribution in [3.05, 3.63) is 35.4 Å². The van der Waals surface area contributed by atoms with E-state index in [1.54, 1.807) is 0 Å². The molecule has 6 heterocycles. The molecule has 8 atom stereocenters. The number of fused-ring (bicyclic) bond motifs is 2. The van der Waals surface area contributed by atoms with E-state index in [0.29, 0.717) is 13.2 Å². The molecule has 1 aromatic rings. The zero-order valence-corrected chi connectivity index (χ0v) is 26.9. The summed E-state index contributed by atoms with van der Waals surface area (Å²) in [4.78, 5) is 0. The molecule has 6 saturated heterocycles. The molecule has 6 fully saturated rings. The van der Waals surface area contributed by atoms with Crippen LogP contribution in [0.4, 0.5) is 0 Å². The first kappa shape index (κ1) is 31.3. The molecule has 0 N–H and O–H groups in total. The summed E-state index contributed by atoms with van der Waals surface area (Å²) >= 11 is 0. The summed E-state index contributed by atoms with van der Waals surface area (Å²) in [6, 6.07) is 7.99. The lowest BCUT2D eigenvalue weighted by molar-refractivity contribution is -0.337. The van der Waals surface area contributed by atoms with Crippen molar-refractivity contribution in [2.45, 2.75) is 140 Å². The molecule has 12 heteroatoms. The lowest BCUT2D eigenvalue weighted by Crippen LogP contribution is -2.62. The first-order chi connectivity index (χ1) is 20.6. The van der Waals surface area contributed by atoms with Crippen LogP contribution in [0.1, 0.15) is 66.5 Å². The van der Waals surface area contributed by atoms with Crippen LogP contribution in [0.3, 0.4) is 0 Å². The Hall–Kier alpha value is -1.26. The molecule has 2 spiro atoms. The Kier molecular flexibility index (Phi) is 7.57.